The number of methoxy groups -OCH3 is 1. The summed E-state index contributed by atoms with van der Waals surface area (Å²) < 4.78 is 52.2. The van der Waals surface area contributed by atoms with E-state index >= 15 is 0 Å². The molecule has 1 amide bonds. The number of aromatic nitrogens is 1. The van der Waals surface area contributed by atoms with E-state index in [1.165, 1.54) is 55.0 Å². The Labute approximate surface area is 201 Å². The molecular weight excluding hydrogens is 481 g/mol. The number of sulfonamides is 1. The molecule has 34 heavy (non-hydrogen) atoms. The van der Waals surface area contributed by atoms with Gasteiger partial charge >= 0.3 is 0 Å². The van der Waals surface area contributed by atoms with Crippen LogP contribution in [0, 0.1) is 11.7 Å². The highest BCUT2D eigenvalue weighted by molar-refractivity contribution is 7.93. The molecule has 2 heterocycles. The molecule has 1 aromatic heterocycles. The molecule has 0 saturated carbocycles. The molecule has 1 atom stereocenters. The zero-order valence-electron chi connectivity index (χ0n) is 18.4. The number of carbonyl (C=O) groups excluding carboxylic acids is 1. The first-order valence-corrected chi connectivity index (χ1v) is 12.9. The number of carbonyl (C=O) groups is 1. The summed E-state index contributed by atoms with van der Waals surface area (Å²) in [7, 11) is -2.38. The van der Waals surface area contributed by atoms with Gasteiger partial charge in [-0.3, -0.25) is 9.52 Å². The fourth-order valence-corrected chi connectivity index (χ4v) is 5.55. The van der Waals surface area contributed by atoms with E-state index in [0.29, 0.717) is 38.3 Å². The average Bonchev–Trinajstić information content (AvgIpc) is 3.21. The Kier molecular flexibility index (Phi) is 7.44. The molecule has 2 aromatic carbocycles. The average molecular weight is 506 g/mol. The monoisotopic (exact) mass is 505 g/mol. The fraction of sp³-hybridized carbons (Fsp3) is 0.304. The zero-order chi connectivity index (χ0) is 24.1. The van der Waals surface area contributed by atoms with E-state index in [1.54, 1.807) is 22.4 Å². The van der Waals surface area contributed by atoms with Crippen molar-refractivity contribution in [3.8, 4) is 5.75 Å². The van der Waals surface area contributed by atoms with E-state index < -0.39 is 15.8 Å². The minimum absolute atomic E-state index is 0.0126. The van der Waals surface area contributed by atoms with Crippen molar-refractivity contribution < 1.29 is 27.1 Å². The lowest BCUT2D eigenvalue weighted by Crippen LogP contribution is -2.36. The van der Waals surface area contributed by atoms with Crippen molar-refractivity contribution in [2.24, 2.45) is 5.92 Å². The van der Waals surface area contributed by atoms with E-state index in [0.717, 1.165) is 5.56 Å². The highest BCUT2D eigenvalue weighted by atomic mass is 32.2. The van der Waals surface area contributed by atoms with Gasteiger partial charge in [0.05, 0.1) is 25.2 Å². The SMILES string of the molecule is COc1ccc(CC2COCCN(C(=O)c3ccc(S(=O)(=O)Nc4nccs4)cc3)C2)cc1F. The summed E-state index contributed by atoms with van der Waals surface area (Å²) in [5, 5.41) is 1.94. The Balaban J connectivity index is 1.43. The molecule has 0 aliphatic carbocycles. The molecular formula is C23H24FN3O5S2. The van der Waals surface area contributed by atoms with Crippen LogP contribution in [0.5, 0.6) is 5.75 Å². The number of rotatable bonds is 7. The van der Waals surface area contributed by atoms with Gasteiger partial charge in [-0.25, -0.2) is 17.8 Å². The Morgan fingerprint density at radius 2 is 2.09 bits per heavy atom. The number of hydrogen-bond donors (Lipinski definition) is 1. The second-order valence-corrected chi connectivity index (χ2v) is 10.4. The van der Waals surface area contributed by atoms with Crippen LogP contribution >= 0.6 is 11.3 Å². The van der Waals surface area contributed by atoms with Crippen LogP contribution in [0.25, 0.3) is 0 Å². The molecule has 1 aliphatic heterocycles. The van der Waals surface area contributed by atoms with E-state index in [-0.39, 0.29) is 27.6 Å². The lowest BCUT2D eigenvalue weighted by Gasteiger charge is -2.24. The second kappa shape index (κ2) is 10.5. The number of thiazole rings is 1. The first kappa shape index (κ1) is 24.1. The molecule has 1 unspecified atom stereocenters. The van der Waals surface area contributed by atoms with Gasteiger partial charge in [0.1, 0.15) is 0 Å². The predicted molar refractivity (Wildman–Crippen MR) is 126 cm³/mol. The van der Waals surface area contributed by atoms with Gasteiger partial charge < -0.3 is 14.4 Å². The summed E-state index contributed by atoms with van der Waals surface area (Å²) in [4.78, 5) is 18.8. The van der Waals surface area contributed by atoms with Gasteiger partial charge in [-0.05, 0) is 48.4 Å². The molecule has 0 radical (unpaired) electrons. The third-order valence-electron chi connectivity index (χ3n) is 5.43. The van der Waals surface area contributed by atoms with Crippen LogP contribution in [0.3, 0.4) is 0 Å². The van der Waals surface area contributed by atoms with Gasteiger partial charge in [0.25, 0.3) is 15.9 Å². The van der Waals surface area contributed by atoms with Gasteiger partial charge in [0.15, 0.2) is 16.7 Å². The van der Waals surface area contributed by atoms with Crippen molar-refractivity contribution in [3.63, 3.8) is 0 Å². The quantitative estimate of drug-likeness (QED) is 0.529. The van der Waals surface area contributed by atoms with Crippen molar-refractivity contribution in [3.05, 3.63) is 71.0 Å². The highest BCUT2D eigenvalue weighted by Crippen LogP contribution is 2.22. The maximum Gasteiger partial charge on any atom is 0.263 e. The molecule has 1 N–H and O–H groups in total. The predicted octanol–water partition coefficient (Wildman–Crippen LogP) is 3.42. The van der Waals surface area contributed by atoms with E-state index in [1.807, 2.05) is 0 Å². The molecule has 1 aliphatic rings. The third-order valence-corrected chi connectivity index (χ3v) is 7.60. The van der Waals surface area contributed by atoms with E-state index in [2.05, 4.69) is 9.71 Å². The largest absolute Gasteiger partial charge is 0.494 e. The molecule has 0 spiro atoms. The summed E-state index contributed by atoms with van der Waals surface area (Å²) in [6, 6.07) is 10.6. The Hall–Kier alpha value is -3.02. The van der Waals surface area contributed by atoms with Gasteiger partial charge in [-0.15, -0.1) is 11.3 Å². The Morgan fingerprint density at radius 1 is 1.29 bits per heavy atom. The van der Waals surface area contributed by atoms with Crippen molar-refractivity contribution in [2.75, 3.05) is 38.1 Å². The number of ether oxygens (including phenoxy) is 2. The summed E-state index contributed by atoms with van der Waals surface area (Å²) in [6.07, 6.45) is 2.05. The topological polar surface area (TPSA) is 97.8 Å². The number of benzene rings is 2. The smallest absolute Gasteiger partial charge is 0.263 e. The molecule has 4 rings (SSSR count). The maximum absolute atomic E-state index is 14.1. The summed E-state index contributed by atoms with van der Waals surface area (Å²) in [5.41, 5.74) is 1.17. The number of hydrogen-bond acceptors (Lipinski definition) is 7. The van der Waals surface area contributed by atoms with Crippen LogP contribution in [-0.2, 0) is 21.2 Å². The number of anilines is 1. The minimum Gasteiger partial charge on any atom is -0.494 e. The third kappa shape index (κ3) is 5.72. The second-order valence-electron chi connectivity index (χ2n) is 7.83. The van der Waals surface area contributed by atoms with E-state index in [4.69, 9.17) is 9.47 Å². The lowest BCUT2D eigenvalue weighted by molar-refractivity contribution is 0.0737. The normalized spacial score (nSPS) is 16.6. The molecule has 11 heteroatoms. The Morgan fingerprint density at radius 3 is 2.76 bits per heavy atom. The number of nitrogens with one attached hydrogen (secondary N) is 1. The molecule has 8 nitrogen and oxygen atoms in total. The van der Waals surface area contributed by atoms with Crippen molar-refractivity contribution in [1.82, 2.24) is 9.88 Å². The van der Waals surface area contributed by atoms with E-state index in [9.17, 15) is 17.6 Å². The van der Waals surface area contributed by atoms with Gasteiger partial charge in [-0.2, -0.15) is 0 Å². The molecule has 3 aromatic rings. The number of nitrogens with zero attached hydrogens (tertiary/aromatic N) is 2. The summed E-state index contributed by atoms with van der Waals surface area (Å²) >= 11 is 1.18. The van der Waals surface area contributed by atoms with Crippen LogP contribution in [0.4, 0.5) is 9.52 Å². The molecule has 0 bridgehead atoms. The number of amides is 1. The summed E-state index contributed by atoms with van der Waals surface area (Å²) in [6.45, 7) is 1.70. The standard InChI is InChI=1S/C23H24FN3O5S2/c1-31-21-7-2-16(13-20(21)24)12-17-14-27(9-10-32-15-17)22(28)18-3-5-19(6-4-18)34(29,30)26-23-25-8-11-33-23/h2-8,11,13,17H,9-10,12,14-15H2,1H3,(H,25,26). The number of halogens is 1. The molecule has 1 saturated heterocycles. The highest BCUT2D eigenvalue weighted by Gasteiger charge is 2.25. The first-order valence-electron chi connectivity index (χ1n) is 10.6. The van der Waals surface area contributed by atoms with Crippen molar-refractivity contribution >= 4 is 32.4 Å². The van der Waals surface area contributed by atoms with Gasteiger partial charge in [0, 0.05) is 36.1 Å². The Bertz CT molecular complexity index is 1230. The van der Waals surface area contributed by atoms with Gasteiger partial charge in [0.2, 0.25) is 0 Å². The van der Waals surface area contributed by atoms with Crippen LogP contribution in [0.15, 0.2) is 58.9 Å². The molecule has 1 fully saturated rings. The van der Waals surface area contributed by atoms with Crippen LogP contribution in [-0.4, -0.2) is 57.6 Å². The first-order chi connectivity index (χ1) is 16.4. The van der Waals surface area contributed by atoms with Crippen molar-refractivity contribution in [1.29, 1.82) is 0 Å². The van der Waals surface area contributed by atoms with Crippen molar-refractivity contribution in [2.45, 2.75) is 11.3 Å². The fourth-order valence-electron chi connectivity index (χ4n) is 3.77. The van der Waals surface area contributed by atoms with Crippen LogP contribution < -0.4 is 9.46 Å². The van der Waals surface area contributed by atoms with Crippen LogP contribution in [0.2, 0.25) is 0 Å². The molecule has 180 valence electrons. The summed E-state index contributed by atoms with van der Waals surface area (Å²) in [5.74, 6) is -0.471. The minimum atomic E-state index is -3.79. The lowest BCUT2D eigenvalue weighted by atomic mass is 9.99. The maximum atomic E-state index is 14.1. The van der Waals surface area contributed by atoms with Crippen LogP contribution in [0.1, 0.15) is 15.9 Å². The zero-order valence-corrected chi connectivity index (χ0v) is 20.1. The van der Waals surface area contributed by atoms with Gasteiger partial charge in [-0.1, -0.05) is 6.07 Å².